The molecular weight excluding hydrogens is 272 g/mol. The van der Waals surface area contributed by atoms with Crippen LogP contribution in [-0.2, 0) is 16.4 Å². The molecule has 4 nitrogen and oxygen atoms in total. The third kappa shape index (κ3) is 6.91. The summed E-state index contributed by atoms with van der Waals surface area (Å²) in [5.41, 5.74) is 1.85. The highest BCUT2D eigenvalue weighted by atomic mass is 32.2. The van der Waals surface area contributed by atoms with Crippen LogP contribution in [0.15, 0.2) is 24.3 Å². The van der Waals surface area contributed by atoms with Gasteiger partial charge in [-0.15, -0.1) is 0 Å². The number of nitrogens with one attached hydrogen (secondary N) is 2. The number of aryl methyl sites for hydroxylation is 1. The van der Waals surface area contributed by atoms with Crippen molar-refractivity contribution in [1.29, 1.82) is 0 Å². The van der Waals surface area contributed by atoms with E-state index < -0.39 is 10.0 Å². The molecule has 0 saturated heterocycles. The third-order valence-corrected chi connectivity index (χ3v) is 4.45. The normalized spacial score (nSPS) is 11.5. The zero-order valence-corrected chi connectivity index (χ0v) is 13.3. The van der Waals surface area contributed by atoms with Crippen molar-refractivity contribution in [2.45, 2.75) is 39.5 Å². The van der Waals surface area contributed by atoms with Crippen molar-refractivity contribution in [3.63, 3.8) is 0 Å². The van der Waals surface area contributed by atoms with Crippen LogP contribution in [0.1, 0.15) is 38.7 Å². The second-order valence-corrected chi connectivity index (χ2v) is 6.77. The van der Waals surface area contributed by atoms with E-state index in [0.717, 1.165) is 32.4 Å². The van der Waals surface area contributed by atoms with Crippen LogP contribution in [0.4, 0.5) is 5.69 Å². The van der Waals surface area contributed by atoms with Crippen molar-refractivity contribution in [2.24, 2.45) is 0 Å². The van der Waals surface area contributed by atoms with Crippen LogP contribution in [0.25, 0.3) is 0 Å². The van der Waals surface area contributed by atoms with Crippen LogP contribution in [-0.4, -0.2) is 27.3 Å². The number of sulfonamides is 1. The average Bonchev–Trinajstić information content (AvgIpc) is 2.43. The van der Waals surface area contributed by atoms with E-state index in [9.17, 15) is 8.42 Å². The molecule has 0 fully saturated rings. The highest BCUT2D eigenvalue weighted by Crippen LogP contribution is 2.12. The maximum atomic E-state index is 11.9. The van der Waals surface area contributed by atoms with Crippen molar-refractivity contribution < 1.29 is 8.42 Å². The molecule has 0 aliphatic carbocycles. The first-order valence-electron chi connectivity index (χ1n) is 7.37. The SMILES string of the molecule is CCCNCCCCS(=O)(=O)Nc1ccc(CC)cc1. The fourth-order valence-corrected chi connectivity index (χ4v) is 3.06. The third-order valence-electron chi connectivity index (χ3n) is 3.08. The standard InChI is InChI=1S/C15H26N2O2S/c1-3-11-16-12-5-6-13-20(18,19)17-15-9-7-14(4-2)8-10-15/h7-10,16-17H,3-6,11-13H2,1-2H3. The van der Waals surface area contributed by atoms with E-state index in [-0.39, 0.29) is 5.75 Å². The van der Waals surface area contributed by atoms with Gasteiger partial charge in [-0.2, -0.15) is 0 Å². The van der Waals surface area contributed by atoms with E-state index in [0.29, 0.717) is 12.1 Å². The molecule has 0 atom stereocenters. The van der Waals surface area contributed by atoms with Crippen LogP contribution >= 0.6 is 0 Å². The molecule has 0 saturated carbocycles. The molecule has 0 unspecified atom stereocenters. The fraction of sp³-hybridized carbons (Fsp3) is 0.600. The molecule has 0 spiro atoms. The minimum absolute atomic E-state index is 0.177. The van der Waals surface area contributed by atoms with Crippen molar-refractivity contribution >= 4 is 15.7 Å². The Bertz CT molecular complexity index is 469. The Hall–Kier alpha value is -1.07. The van der Waals surface area contributed by atoms with Crippen molar-refractivity contribution in [3.05, 3.63) is 29.8 Å². The lowest BCUT2D eigenvalue weighted by atomic mass is 10.2. The molecule has 0 bridgehead atoms. The molecule has 1 aromatic carbocycles. The molecule has 114 valence electrons. The topological polar surface area (TPSA) is 58.2 Å². The Balaban J connectivity index is 2.33. The minimum Gasteiger partial charge on any atom is -0.317 e. The van der Waals surface area contributed by atoms with Gasteiger partial charge in [-0.1, -0.05) is 26.0 Å². The van der Waals surface area contributed by atoms with Gasteiger partial charge in [0.15, 0.2) is 0 Å². The quantitative estimate of drug-likeness (QED) is 0.653. The summed E-state index contributed by atoms with van der Waals surface area (Å²) in [6.07, 6.45) is 3.63. The zero-order valence-electron chi connectivity index (χ0n) is 12.5. The van der Waals surface area contributed by atoms with E-state index in [4.69, 9.17) is 0 Å². The van der Waals surface area contributed by atoms with Gasteiger partial charge in [-0.3, -0.25) is 4.72 Å². The first-order chi connectivity index (χ1) is 9.57. The lowest BCUT2D eigenvalue weighted by molar-refractivity contribution is 0.590. The van der Waals surface area contributed by atoms with Crippen LogP contribution in [0.5, 0.6) is 0 Å². The number of unbranched alkanes of at least 4 members (excludes halogenated alkanes) is 1. The average molecular weight is 298 g/mol. The molecule has 0 radical (unpaired) electrons. The molecule has 0 aromatic heterocycles. The lowest BCUT2D eigenvalue weighted by Gasteiger charge is -2.08. The molecule has 0 amide bonds. The Labute approximate surface area is 123 Å². The van der Waals surface area contributed by atoms with Gasteiger partial charge in [0.05, 0.1) is 5.75 Å². The highest BCUT2D eigenvalue weighted by molar-refractivity contribution is 7.92. The Morgan fingerprint density at radius 3 is 2.30 bits per heavy atom. The molecule has 1 aromatic rings. The van der Waals surface area contributed by atoms with E-state index in [2.05, 4.69) is 23.9 Å². The fourth-order valence-electron chi connectivity index (χ4n) is 1.88. The smallest absolute Gasteiger partial charge is 0.232 e. The zero-order chi connectivity index (χ0) is 14.8. The van der Waals surface area contributed by atoms with Crippen molar-refractivity contribution in [3.8, 4) is 0 Å². The predicted octanol–water partition coefficient (Wildman–Crippen LogP) is 2.77. The minimum atomic E-state index is -3.22. The number of rotatable bonds is 10. The van der Waals surface area contributed by atoms with Gasteiger partial charge in [-0.25, -0.2) is 8.42 Å². The van der Waals surface area contributed by atoms with Crippen molar-refractivity contribution in [2.75, 3.05) is 23.6 Å². The van der Waals surface area contributed by atoms with E-state index in [1.165, 1.54) is 5.56 Å². The monoisotopic (exact) mass is 298 g/mol. The van der Waals surface area contributed by atoms with Gasteiger partial charge in [-0.05, 0) is 56.5 Å². The summed E-state index contributed by atoms with van der Waals surface area (Å²) in [5.74, 6) is 0.177. The Morgan fingerprint density at radius 1 is 1.00 bits per heavy atom. The number of anilines is 1. The summed E-state index contributed by atoms with van der Waals surface area (Å²) in [6.45, 7) is 6.07. The van der Waals surface area contributed by atoms with Gasteiger partial charge in [0.25, 0.3) is 0 Å². The van der Waals surface area contributed by atoms with Gasteiger partial charge in [0, 0.05) is 5.69 Å². The lowest BCUT2D eigenvalue weighted by Crippen LogP contribution is -2.19. The summed E-state index contributed by atoms with van der Waals surface area (Å²) in [7, 11) is -3.22. The van der Waals surface area contributed by atoms with Gasteiger partial charge in [0.2, 0.25) is 10.0 Å². The van der Waals surface area contributed by atoms with Gasteiger partial charge >= 0.3 is 0 Å². The number of benzene rings is 1. The Morgan fingerprint density at radius 2 is 1.70 bits per heavy atom. The number of hydrogen-bond donors (Lipinski definition) is 2. The maximum absolute atomic E-state index is 11.9. The molecule has 0 heterocycles. The molecule has 2 N–H and O–H groups in total. The van der Waals surface area contributed by atoms with E-state index >= 15 is 0 Å². The first kappa shape index (κ1) is 17.0. The largest absolute Gasteiger partial charge is 0.317 e. The van der Waals surface area contributed by atoms with Gasteiger partial charge in [0.1, 0.15) is 0 Å². The van der Waals surface area contributed by atoms with Crippen LogP contribution in [0, 0.1) is 0 Å². The summed E-state index contributed by atoms with van der Waals surface area (Å²) in [5, 5.41) is 3.27. The molecule has 0 aliphatic heterocycles. The molecule has 1 rings (SSSR count). The summed E-state index contributed by atoms with van der Waals surface area (Å²) in [4.78, 5) is 0. The summed E-state index contributed by atoms with van der Waals surface area (Å²) >= 11 is 0. The van der Waals surface area contributed by atoms with Crippen LogP contribution in [0.2, 0.25) is 0 Å². The van der Waals surface area contributed by atoms with Crippen molar-refractivity contribution in [1.82, 2.24) is 5.32 Å². The maximum Gasteiger partial charge on any atom is 0.232 e. The first-order valence-corrected chi connectivity index (χ1v) is 9.02. The molecular formula is C15H26N2O2S. The molecule has 0 aliphatic rings. The summed E-state index contributed by atoms with van der Waals surface area (Å²) in [6, 6.07) is 7.54. The van der Waals surface area contributed by atoms with E-state index in [1.807, 2.05) is 24.3 Å². The predicted molar refractivity (Wildman–Crippen MR) is 85.6 cm³/mol. The summed E-state index contributed by atoms with van der Waals surface area (Å²) < 4.78 is 26.4. The van der Waals surface area contributed by atoms with Crippen LogP contribution in [0.3, 0.4) is 0 Å². The highest BCUT2D eigenvalue weighted by Gasteiger charge is 2.09. The second-order valence-electron chi connectivity index (χ2n) is 4.93. The van der Waals surface area contributed by atoms with Crippen LogP contribution < -0.4 is 10.0 Å². The number of hydrogen-bond acceptors (Lipinski definition) is 3. The molecule has 5 heteroatoms. The van der Waals surface area contributed by atoms with E-state index in [1.54, 1.807) is 0 Å². The molecule has 20 heavy (non-hydrogen) atoms. The second kappa shape index (κ2) is 8.97. The Kier molecular flexibility index (Phi) is 7.62. The van der Waals surface area contributed by atoms with Gasteiger partial charge < -0.3 is 5.32 Å².